The van der Waals surface area contributed by atoms with Crippen LogP contribution in [0.2, 0.25) is 0 Å². The number of esters is 1. The summed E-state index contributed by atoms with van der Waals surface area (Å²) in [5, 5.41) is 14.7. The van der Waals surface area contributed by atoms with Crippen LogP contribution in [0.15, 0.2) is 51.4 Å². The van der Waals surface area contributed by atoms with Crippen LogP contribution >= 0.6 is 0 Å². The van der Waals surface area contributed by atoms with Crippen molar-refractivity contribution in [2.45, 2.75) is 20.5 Å². The Morgan fingerprint density at radius 2 is 1.74 bits per heavy atom. The second-order valence-corrected chi connectivity index (χ2v) is 7.34. The Labute approximate surface area is 200 Å². The molecule has 4 aromatic rings. The average Bonchev–Trinajstić information content (AvgIpc) is 3.48. The van der Waals surface area contributed by atoms with E-state index in [0.29, 0.717) is 28.5 Å². The van der Waals surface area contributed by atoms with Gasteiger partial charge in [-0.05, 0) is 6.92 Å². The number of nitrogens with zero attached hydrogens (tertiary/aromatic N) is 3. The summed E-state index contributed by atoms with van der Waals surface area (Å²) in [6.45, 7) is 2.76. The summed E-state index contributed by atoms with van der Waals surface area (Å²) in [4.78, 5) is 24.4. The third-order valence-electron chi connectivity index (χ3n) is 4.97. The predicted molar refractivity (Wildman–Crippen MR) is 123 cm³/mol. The minimum atomic E-state index is -0.736. The van der Waals surface area contributed by atoms with Gasteiger partial charge in [0.25, 0.3) is 11.8 Å². The number of hydrogen-bond donors (Lipinski definition) is 1. The molecule has 0 aliphatic rings. The number of aryl methyl sites for hydroxylation is 1. The van der Waals surface area contributed by atoms with Gasteiger partial charge in [-0.25, -0.2) is 4.79 Å². The first-order chi connectivity index (χ1) is 16.9. The number of benzene rings is 2. The lowest BCUT2D eigenvalue weighted by molar-refractivity contribution is -0.114. The largest absolute Gasteiger partial charge is 0.493 e. The molecular weight excluding hydrogens is 456 g/mol. The number of amides is 1. The Bertz CT molecular complexity index is 1360. The summed E-state index contributed by atoms with van der Waals surface area (Å²) < 4.78 is 26.9. The maximum absolute atomic E-state index is 12.8. The summed E-state index contributed by atoms with van der Waals surface area (Å²) in [7, 11) is 2.88. The zero-order valence-corrected chi connectivity index (χ0v) is 19.4. The molecule has 0 atom stereocenters. The zero-order valence-electron chi connectivity index (χ0n) is 19.4. The molecule has 0 radical (unpaired) electrons. The number of hydrogen-bond acceptors (Lipinski definition) is 10. The molecule has 11 heteroatoms. The fraction of sp³-hybridized carbons (Fsp3) is 0.208. The van der Waals surface area contributed by atoms with Crippen molar-refractivity contribution in [3.63, 3.8) is 0 Å². The maximum atomic E-state index is 12.8. The molecule has 2 aromatic carbocycles. The van der Waals surface area contributed by atoms with E-state index >= 15 is 0 Å². The number of nitrogens with one attached hydrogen (secondary N) is 1. The van der Waals surface area contributed by atoms with Crippen LogP contribution in [-0.2, 0) is 16.1 Å². The van der Waals surface area contributed by atoms with Crippen LogP contribution in [0.4, 0.5) is 5.69 Å². The molecule has 4 rings (SSSR count). The van der Waals surface area contributed by atoms with E-state index in [2.05, 4.69) is 20.7 Å². The van der Waals surface area contributed by atoms with E-state index in [4.69, 9.17) is 23.2 Å². The number of ether oxygens (including phenoxy) is 3. The fourth-order valence-corrected chi connectivity index (χ4v) is 3.38. The highest BCUT2D eigenvalue weighted by Gasteiger charge is 2.23. The number of rotatable bonds is 8. The molecule has 0 bridgehead atoms. The van der Waals surface area contributed by atoms with Crippen molar-refractivity contribution in [3.8, 4) is 34.2 Å². The van der Waals surface area contributed by atoms with Crippen LogP contribution in [0.5, 0.6) is 11.5 Å². The van der Waals surface area contributed by atoms with E-state index in [-0.39, 0.29) is 35.5 Å². The normalized spacial score (nSPS) is 10.6. The Balaban J connectivity index is 1.55. The SMILES string of the molecule is COc1cc(NC(C)=O)c(C(=O)OCc2nnc(-c3c(-c4ccccc4)noc3C)o2)cc1OC. The second-order valence-electron chi connectivity index (χ2n) is 7.34. The third kappa shape index (κ3) is 4.98. The van der Waals surface area contributed by atoms with Gasteiger partial charge in [-0.2, -0.15) is 0 Å². The van der Waals surface area contributed by atoms with Crippen LogP contribution in [0.25, 0.3) is 22.7 Å². The molecule has 0 saturated carbocycles. The lowest BCUT2D eigenvalue weighted by Gasteiger charge is -2.14. The predicted octanol–water partition coefficient (Wildman–Crippen LogP) is 4.03. The van der Waals surface area contributed by atoms with Crippen molar-refractivity contribution in [1.29, 1.82) is 0 Å². The highest BCUT2D eigenvalue weighted by molar-refractivity contribution is 6.01. The molecule has 1 N–H and O–H groups in total. The second kappa shape index (κ2) is 10.1. The van der Waals surface area contributed by atoms with Crippen molar-refractivity contribution < 1.29 is 32.7 Å². The summed E-state index contributed by atoms with van der Waals surface area (Å²) >= 11 is 0. The average molecular weight is 478 g/mol. The van der Waals surface area contributed by atoms with Gasteiger partial charge in [-0.15, -0.1) is 10.2 Å². The van der Waals surface area contributed by atoms with Gasteiger partial charge in [-0.1, -0.05) is 35.5 Å². The Hall–Kier alpha value is -4.67. The van der Waals surface area contributed by atoms with Crippen molar-refractivity contribution >= 4 is 17.6 Å². The van der Waals surface area contributed by atoms with Gasteiger partial charge in [0.05, 0.1) is 25.5 Å². The van der Waals surface area contributed by atoms with Crippen molar-refractivity contribution in [1.82, 2.24) is 15.4 Å². The van der Waals surface area contributed by atoms with Crippen molar-refractivity contribution in [2.24, 2.45) is 0 Å². The van der Waals surface area contributed by atoms with Gasteiger partial charge in [0, 0.05) is 24.6 Å². The fourth-order valence-electron chi connectivity index (χ4n) is 3.38. The molecule has 35 heavy (non-hydrogen) atoms. The number of aromatic nitrogens is 3. The first kappa shape index (κ1) is 23.5. The molecule has 0 fully saturated rings. The molecular formula is C24H22N4O7. The molecule has 11 nitrogen and oxygen atoms in total. The maximum Gasteiger partial charge on any atom is 0.340 e. The van der Waals surface area contributed by atoms with Gasteiger partial charge in [-0.3, -0.25) is 4.79 Å². The molecule has 0 spiro atoms. The summed E-state index contributed by atoms with van der Waals surface area (Å²) in [5.41, 5.74) is 2.21. The van der Waals surface area contributed by atoms with Gasteiger partial charge < -0.3 is 28.5 Å². The Kier molecular flexibility index (Phi) is 6.76. The van der Waals surface area contributed by atoms with E-state index in [1.807, 2.05) is 30.3 Å². The van der Waals surface area contributed by atoms with Crippen LogP contribution in [0, 0.1) is 6.92 Å². The standard InChI is InChI=1S/C24H22N4O7/c1-13-21(22(28-35-13)15-8-6-5-7-9-15)23-27-26-20(34-23)12-33-24(30)16-10-18(31-3)19(32-4)11-17(16)25-14(2)29/h5-11H,12H2,1-4H3,(H,25,29). The minimum Gasteiger partial charge on any atom is -0.493 e. The summed E-state index contributed by atoms with van der Waals surface area (Å²) in [5.74, 6) is 0.277. The van der Waals surface area contributed by atoms with Crippen molar-refractivity contribution in [3.05, 3.63) is 59.7 Å². The van der Waals surface area contributed by atoms with Gasteiger partial charge in [0.1, 0.15) is 17.0 Å². The smallest absolute Gasteiger partial charge is 0.340 e. The lowest BCUT2D eigenvalue weighted by Crippen LogP contribution is -2.13. The molecule has 0 aliphatic carbocycles. The summed E-state index contributed by atoms with van der Waals surface area (Å²) in [6.07, 6.45) is 0. The van der Waals surface area contributed by atoms with E-state index in [1.54, 1.807) is 6.92 Å². The number of carbonyl (C=O) groups is 2. The van der Waals surface area contributed by atoms with Crippen molar-refractivity contribution in [2.75, 3.05) is 19.5 Å². The molecule has 0 saturated heterocycles. The number of carbonyl (C=O) groups excluding carboxylic acids is 2. The Morgan fingerprint density at radius 1 is 1.03 bits per heavy atom. The number of methoxy groups -OCH3 is 2. The first-order valence-electron chi connectivity index (χ1n) is 10.5. The van der Waals surface area contributed by atoms with Crippen LogP contribution in [-0.4, -0.2) is 41.5 Å². The van der Waals surface area contributed by atoms with Crippen LogP contribution < -0.4 is 14.8 Å². The molecule has 0 aliphatic heterocycles. The van der Waals surface area contributed by atoms with Crippen LogP contribution in [0.3, 0.4) is 0 Å². The molecule has 0 unspecified atom stereocenters. The van der Waals surface area contributed by atoms with E-state index in [9.17, 15) is 9.59 Å². The molecule has 2 aromatic heterocycles. The van der Waals surface area contributed by atoms with E-state index in [0.717, 1.165) is 5.56 Å². The topological polar surface area (TPSA) is 139 Å². The molecule has 1 amide bonds. The molecule has 180 valence electrons. The van der Waals surface area contributed by atoms with Gasteiger partial charge in [0.15, 0.2) is 18.1 Å². The number of anilines is 1. The summed E-state index contributed by atoms with van der Waals surface area (Å²) in [6, 6.07) is 12.3. The highest BCUT2D eigenvalue weighted by Crippen LogP contribution is 2.35. The first-order valence-corrected chi connectivity index (χ1v) is 10.5. The van der Waals surface area contributed by atoms with E-state index < -0.39 is 5.97 Å². The lowest BCUT2D eigenvalue weighted by atomic mass is 10.1. The Morgan fingerprint density at radius 3 is 2.43 bits per heavy atom. The molecule has 2 heterocycles. The quantitative estimate of drug-likeness (QED) is 0.369. The van der Waals surface area contributed by atoms with Crippen LogP contribution in [0.1, 0.15) is 28.9 Å². The zero-order chi connectivity index (χ0) is 24.9. The van der Waals surface area contributed by atoms with Gasteiger partial charge in [0.2, 0.25) is 5.91 Å². The third-order valence-corrected chi connectivity index (χ3v) is 4.97. The monoisotopic (exact) mass is 478 g/mol. The van der Waals surface area contributed by atoms with E-state index in [1.165, 1.54) is 33.3 Å². The van der Waals surface area contributed by atoms with Gasteiger partial charge >= 0.3 is 5.97 Å². The highest BCUT2D eigenvalue weighted by atomic mass is 16.5. The minimum absolute atomic E-state index is 0.0644.